The molecule has 1 N–H and O–H groups in total. The number of carbonyl (C=O) groups excluding carboxylic acids is 2. The number of carbonyl (C=O) groups is 2. The van der Waals surface area contributed by atoms with Crippen LogP contribution >= 0.6 is 0 Å². The van der Waals surface area contributed by atoms with E-state index in [-0.39, 0.29) is 12.1 Å². The zero-order valence-electron chi connectivity index (χ0n) is 13.7. The Morgan fingerprint density at radius 2 is 2.17 bits per heavy atom. The van der Waals surface area contributed by atoms with Crippen LogP contribution in [-0.4, -0.2) is 56.4 Å². The van der Waals surface area contributed by atoms with Gasteiger partial charge in [-0.25, -0.2) is 9.59 Å². The molecule has 0 radical (unpaired) electrons. The van der Waals surface area contributed by atoms with Crippen molar-refractivity contribution >= 4 is 17.8 Å². The van der Waals surface area contributed by atoms with Crippen LogP contribution in [0.2, 0.25) is 0 Å². The molecule has 1 heterocycles. The minimum absolute atomic E-state index is 0.147. The van der Waals surface area contributed by atoms with Crippen molar-refractivity contribution in [2.24, 2.45) is 0 Å². The predicted octanol–water partition coefficient (Wildman–Crippen LogP) is 2.07. The van der Waals surface area contributed by atoms with Crippen molar-refractivity contribution in [3.8, 4) is 5.75 Å². The van der Waals surface area contributed by atoms with E-state index in [1.54, 1.807) is 18.1 Å². The van der Waals surface area contributed by atoms with E-state index in [9.17, 15) is 9.59 Å². The monoisotopic (exact) mass is 321 g/mol. The Balaban J connectivity index is 1.93. The maximum atomic E-state index is 12.0. The zero-order chi connectivity index (χ0) is 16.8. The molecule has 2 rings (SSSR count). The molecule has 0 aliphatic carbocycles. The Labute approximate surface area is 136 Å². The molecule has 23 heavy (non-hydrogen) atoms. The Morgan fingerprint density at radius 3 is 2.83 bits per heavy atom. The third-order valence-corrected chi connectivity index (χ3v) is 3.77. The number of cyclic esters (lactones) is 1. The number of ether oxygens (including phenoxy) is 2. The molecule has 1 unspecified atom stereocenters. The zero-order valence-corrected chi connectivity index (χ0v) is 13.7. The average molecular weight is 321 g/mol. The van der Waals surface area contributed by atoms with E-state index in [1.165, 1.54) is 4.90 Å². The molecule has 1 aliphatic heterocycles. The van der Waals surface area contributed by atoms with E-state index in [2.05, 4.69) is 5.32 Å². The summed E-state index contributed by atoms with van der Waals surface area (Å²) in [7, 11) is 1.58. The molecule has 1 fully saturated rings. The van der Waals surface area contributed by atoms with Gasteiger partial charge in [0.15, 0.2) is 0 Å². The van der Waals surface area contributed by atoms with Gasteiger partial charge in [-0.05, 0) is 26.0 Å². The summed E-state index contributed by atoms with van der Waals surface area (Å²) in [6.45, 7) is 5.81. The number of hydrogen-bond acceptors (Lipinski definition) is 4. The number of anilines is 1. The van der Waals surface area contributed by atoms with E-state index >= 15 is 0 Å². The lowest BCUT2D eigenvalue weighted by molar-refractivity contribution is 0.138. The number of hydrogen-bond donors (Lipinski definition) is 1. The van der Waals surface area contributed by atoms with E-state index in [0.29, 0.717) is 37.6 Å². The number of benzene rings is 1. The van der Waals surface area contributed by atoms with E-state index in [4.69, 9.17) is 9.47 Å². The van der Waals surface area contributed by atoms with Crippen LogP contribution in [0.15, 0.2) is 24.3 Å². The molecule has 1 aromatic rings. The van der Waals surface area contributed by atoms with Gasteiger partial charge in [0.25, 0.3) is 0 Å². The van der Waals surface area contributed by atoms with Gasteiger partial charge in [0.1, 0.15) is 11.9 Å². The van der Waals surface area contributed by atoms with Crippen molar-refractivity contribution in [2.45, 2.75) is 20.0 Å². The molecule has 0 bridgehead atoms. The maximum absolute atomic E-state index is 12.0. The summed E-state index contributed by atoms with van der Waals surface area (Å²) in [5.41, 5.74) is 0.715. The molecule has 1 aliphatic rings. The summed E-state index contributed by atoms with van der Waals surface area (Å²) in [6, 6.07) is 7.08. The first kappa shape index (κ1) is 16.9. The number of nitrogens with one attached hydrogen (secondary N) is 1. The van der Waals surface area contributed by atoms with Crippen LogP contribution in [0.4, 0.5) is 15.3 Å². The summed E-state index contributed by atoms with van der Waals surface area (Å²) in [6.07, 6.45) is -0.784. The number of urea groups is 1. The van der Waals surface area contributed by atoms with Crippen molar-refractivity contribution < 1.29 is 19.1 Å². The normalized spacial score (nSPS) is 16.9. The van der Waals surface area contributed by atoms with Crippen LogP contribution in [0, 0.1) is 0 Å². The average Bonchev–Trinajstić information content (AvgIpc) is 2.95. The fraction of sp³-hybridized carbons (Fsp3) is 0.500. The van der Waals surface area contributed by atoms with Crippen molar-refractivity contribution in [1.82, 2.24) is 10.2 Å². The van der Waals surface area contributed by atoms with E-state index in [1.807, 2.05) is 32.0 Å². The molecule has 1 atom stereocenters. The first-order valence-corrected chi connectivity index (χ1v) is 7.74. The van der Waals surface area contributed by atoms with Gasteiger partial charge in [0.05, 0.1) is 25.9 Å². The first-order valence-electron chi connectivity index (χ1n) is 7.74. The van der Waals surface area contributed by atoms with Crippen LogP contribution in [0.25, 0.3) is 0 Å². The van der Waals surface area contributed by atoms with Gasteiger partial charge in [-0.3, -0.25) is 4.90 Å². The number of methoxy groups -OCH3 is 1. The smallest absolute Gasteiger partial charge is 0.414 e. The van der Waals surface area contributed by atoms with E-state index in [0.717, 1.165) is 0 Å². The summed E-state index contributed by atoms with van der Waals surface area (Å²) in [4.78, 5) is 27.2. The molecular weight excluding hydrogens is 298 g/mol. The Bertz CT molecular complexity index is 560. The summed E-state index contributed by atoms with van der Waals surface area (Å²) >= 11 is 0. The fourth-order valence-corrected chi connectivity index (χ4v) is 2.44. The summed E-state index contributed by atoms with van der Waals surface area (Å²) in [5.74, 6) is 0.675. The third-order valence-electron chi connectivity index (χ3n) is 3.77. The minimum atomic E-state index is -0.416. The van der Waals surface area contributed by atoms with Gasteiger partial charge in [0, 0.05) is 19.2 Å². The second-order valence-corrected chi connectivity index (χ2v) is 5.18. The number of rotatable bonds is 6. The van der Waals surface area contributed by atoms with Crippen LogP contribution in [0.5, 0.6) is 5.75 Å². The second-order valence-electron chi connectivity index (χ2n) is 5.18. The Morgan fingerprint density at radius 1 is 1.43 bits per heavy atom. The highest BCUT2D eigenvalue weighted by Gasteiger charge is 2.32. The number of amides is 3. The van der Waals surface area contributed by atoms with Gasteiger partial charge in [0.2, 0.25) is 0 Å². The Hall–Kier alpha value is -2.44. The highest BCUT2D eigenvalue weighted by Crippen LogP contribution is 2.25. The van der Waals surface area contributed by atoms with Crippen LogP contribution < -0.4 is 15.0 Å². The van der Waals surface area contributed by atoms with Gasteiger partial charge < -0.3 is 19.7 Å². The van der Waals surface area contributed by atoms with Gasteiger partial charge in [-0.2, -0.15) is 0 Å². The first-order chi connectivity index (χ1) is 11.1. The largest absolute Gasteiger partial charge is 0.497 e. The molecule has 0 saturated carbocycles. The molecule has 126 valence electrons. The van der Waals surface area contributed by atoms with Crippen LogP contribution in [-0.2, 0) is 4.74 Å². The second kappa shape index (κ2) is 7.71. The molecule has 1 saturated heterocycles. The van der Waals surface area contributed by atoms with Crippen molar-refractivity contribution in [2.75, 3.05) is 38.2 Å². The predicted molar refractivity (Wildman–Crippen MR) is 86.9 cm³/mol. The van der Waals surface area contributed by atoms with E-state index < -0.39 is 6.09 Å². The lowest BCUT2D eigenvalue weighted by Gasteiger charge is -2.20. The Kier molecular flexibility index (Phi) is 5.67. The topological polar surface area (TPSA) is 71.1 Å². The molecular formula is C16H23N3O4. The van der Waals surface area contributed by atoms with Crippen LogP contribution in [0.1, 0.15) is 13.8 Å². The highest BCUT2D eigenvalue weighted by molar-refractivity contribution is 5.90. The van der Waals surface area contributed by atoms with Gasteiger partial charge >= 0.3 is 12.1 Å². The minimum Gasteiger partial charge on any atom is -0.497 e. The maximum Gasteiger partial charge on any atom is 0.414 e. The lowest BCUT2D eigenvalue weighted by Crippen LogP contribution is -2.43. The summed E-state index contributed by atoms with van der Waals surface area (Å²) < 4.78 is 10.5. The SMILES string of the molecule is CCN(CC)C(=O)NCC1CN(c2cccc(OC)c2)C(=O)O1. The molecule has 3 amide bonds. The lowest BCUT2D eigenvalue weighted by atomic mass is 10.2. The van der Waals surface area contributed by atoms with Crippen molar-refractivity contribution in [3.63, 3.8) is 0 Å². The molecule has 7 heteroatoms. The fourth-order valence-electron chi connectivity index (χ4n) is 2.44. The van der Waals surface area contributed by atoms with Crippen molar-refractivity contribution in [3.05, 3.63) is 24.3 Å². The third kappa shape index (κ3) is 4.06. The van der Waals surface area contributed by atoms with Gasteiger partial charge in [-0.1, -0.05) is 6.07 Å². The highest BCUT2D eigenvalue weighted by atomic mass is 16.6. The van der Waals surface area contributed by atoms with Crippen LogP contribution in [0.3, 0.4) is 0 Å². The number of nitrogens with zero attached hydrogens (tertiary/aromatic N) is 2. The molecule has 7 nitrogen and oxygen atoms in total. The molecule has 1 aromatic carbocycles. The van der Waals surface area contributed by atoms with Gasteiger partial charge in [-0.15, -0.1) is 0 Å². The summed E-state index contributed by atoms with van der Waals surface area (Å²) in [5, 5.41) is 2.80. The molecule has 0 spiro atoms. The standard InChI is InChI=1S/C16H23N3O4/c1-4-18(5-2)15(20)17-10-14-11-19(16(21)23-14)12-7-6-8-13(9-12)22-3/h6-9,14H,4-5,10-11H2,1-3H3,(H,17,20). The van der Waals surface area contributed by atoms with Crippen molar-refractivity contribution in [1.29, 1.82) is 0 Å². The quantitative estimate of drug-likeness (QED) is 0.871. The molecule has 0 aromatic heterocycles.